The molecule has 1 aliphatic rings. The summed E-state index contributed by atoms with van der Waals surface area (Å²) < 4.78 is 0. The lowest BCUT2D eigenvalue weighted by Crippen LogP contribution is -2.15. The second kappa shape index (κ2) is 13.9. The molecule has 0 bridgehead atoms. The minimum atomic E-state index is -0.0979. The molecule has 0 saturated carbocycles. The number of nitrogens with zero attached hydrogens (tertiary/aromatic N) is 3. The monoisotopic (exact) mass is 753 g/mol. The third-order valence-electron chi connectivity index (χ3n) is 12.2. The topological polar surface area (TPSA) is 38.7 Å². The molecule has 3 heteroatoms. The molecule has 3 nitrogen and oxygen atoms in total. The summed E-state index contributed by atoms with van der Waals surface area (Å²) in [7, 11) is 0. The Labute approximate surface area is 344 Å². The van der Waals surface area contributed by atoms with Crippen LogP contribution < -0.4 is 0 Å². The van der Waals surface area contributed by atoms with E-state index in [2.05, 4.69) is 183 Å². The summed E-state index contributed by atoms with van der Waals surface area (Å²) >= 11 is 0. The average Bonchev–Trinajstić information content (AvgIpc) is 3.55. The van der Waals surface area contributed by atoms with E-state index in [1.54, 1.807) is 6.20 Å². The van der Waals surface area contributed by atoms with Gasteiger partial charge in [0.25, 0.3) is 0 Å². The number of aromatic nitrogens is 3. The van der Waals surface area contributed by atoms with Crippen molar-refractivity contribution in [1.29, 1.82) is 0 Å². The largest absolute Gasteiger partial charge is 0.264 e. The van der Waals surface area contributed by atoms with E-state index >= 15 is 0 Å². The maximum absolute atomic E-state index is 5.21. The van der Waals surface area contributed by atoms with Gasteiger partial charge in [0.05, 0.1) is 11.4 Å². The molecular formula is C56H39N3. The fourth-order valence-electron chi connectivity index (χ4n) is 9.31. The first-order chi connectivity index (χ1) is 29.0. The number of hydrogen-bond acceptors (Lipinski definition) is 3. The standard InChI is InChI=1S/C56H39N3/c1-56(2)50-20-10-19-44(53(50)49-30-29-37-12-6-7-16-45(37)54(49)56)39-25-23-38(24-26-39)43-31-32-48(47-18-9-8-17-46(43)47)52-34-51(58-55(59-52)41-13-4-3-5-14-41)40-27-21-36(22-28-40)42-15-11-33-57-35-42/h3-35H,1-2H3. The van der Waals surface area contributed by atoms with Crippen LogP contribution in [0, 0.1) is 0 Å². The molecule has 2 heterocycles. The molecule has 8 aromatic carbocycles. The van der Waals surface area contributed by atoms with Gasteiger partial charge < -0.3 is 0 Å². The predicted octanol–water partition coefficient (Wildman–Crippen LogP) is 14.5. The normalized spacial score (nSPS) is 12.7. The Hall–Kier alpha value is -7.49. The van der Waals surface area contributed by atoms with Crippen LogP contribution in [0.3, 0.4) is 0 Å². The smallest absolute Gasteiger partial charge is 0.160 e. The van der Waals surface area contributed by atoms with Crippen molar-refractivity contribution < 1.29 is 0 Å². The molecule has 0 radical (unpaired) electrons. The van der Waals surface area contributed by atoms with E-state index in [-0.39, 0.29) is 5.41 Å². The van der Waals surface area contributed by atoms with Gasteiger partial charge in [-0.05, 0) is 89.3 Å². The molecular weight excluding hydrogens is 715 g/mol. The van der Waals surface area contributed by atoms with Crippen LogP contribution in [-0.4, -0.2) is 15.0 Å². The van der Waals surface area contributed by atoms with Gasteiger partial charge in [-0.15, -0.1) is 0 Å². The molecule has 11 rings (SSSR count). The van der Waals surface area contributed by atoms with E-state index in [1.165, 1.54) is 60.7 Å². The summed E-state index contributed by atoms with van der Waals surface area (Å²) in [6.45, 7) is 4.75. The van der Waals surface area contributed by atoms with Crippen LogP contribution in [-0.2, 0) is 5.41 Å². The van der Waals surface area contributed by atoms with Crippen LogP contribution in [0.4, 0.5) is 0 Å². The van der Waals surface area contributed by atoms with E-state index in [1.807, 2.05) is 30.5 Å². The van der Waals surface area contributed by atoms with Crippen LogP contribution in [0.25, 0.3) is 100.0 Å². The van der Waals surface area contributed by atoms with Crippen LogP contribution in [0.15, 0.2) is 200 Å². The van der Waals surface area contributed by atoms with Crippen molar-refractivity contribution >= 4 is 21.5 Å². The van der Waals surface area contributed by atoms with Gasteiger partial charge in [-0.25, -0.2) is 9.97 Å². The maximum Gasteiger partial charge on any atom is 0.160 e. The van der Waals surface area contributed by atoms with Crippen molar-refractivity contribution in [2.24, 2.45) is 0 Å². The number of benzene rings is 8. The molecule has 10 aromatic rings. The SMILES string of the molecule is CC1(C)c2cccc(-c3ccc(-c4ccc(-c5cc(-c6ccc(-c7cccnc7)cc6)nc(-c6ccccc6)n5)c5ccccc45)cc3)c2-c2ccc3ccccc3c21. The molecule has 0 N–H and O–H groups in total. The Morgan fingerprint density at radius 1 is 0.390 bits per heavy atom. The molecule has 1 aliphatic carbocycles. The molecule has 0 aliphatic heterocycles. The van der Waals surface area contributed by atoms with Gasteiger partial charge >= 0.3 is 0 Å². The van der Waals surface area contributed by atoms with Gasteiger partial charge in [0.2, 0.25) is 0 Å². The first-order valence-corrected chi connectivity index (χ1v) is 20.3. The maximum atomic E-state index is 5.21. The second-order valence-corrected chi connectivity index (χ2v) is 16.0. The van der Waals surface area contributed by atoms with Crippen LogP contribution in [0.2, 0.25) is 0 Å². The third-order valence-corrected chi connectivity index (χ3v) is 12.2. The molecule has 0 unspecified atom stereocenters. The third kappa shape index (κ3) is 5.85. The van der Waals surface area contributed by atoms with E-state index in [9.17, 15) is 0 Å². The van der Waals surface area contributed by atoms with Crippen molar-refractivity contribution in [3.8, 4) is 78.4 Å². The summed E-state index contributed by atoms with van der Waals surface area (Å²) in [5.41, 5.74) is 17.3. The minimum absolute atomic E-state index is 0.0979. The molecule has 0 saturated heterocycles. The highest BCUT2D eigenvalue weighted by Gasteiger charge is 2.38. The first kappa shape index (κ1) is 34.7. The van der Waals surface area contributed by atoms with Crippen molar-refractivity contribution in [3.63, 3.8) is 0 Å². The Balaban J connectivity index is 0.991. The fraction of sp³-hybridized carbons (Fsp3) is 0.0536. The molecule has 0 atom stereocenters. The molecule has 2 aromatic heterocycles. The Morgan fingerprint density at radius 2 is 1.00 bits per heavy atom. The highest BCUT2D eigenvalue weighted by molar-refractivity contribution is 6.05. The summed E-state index contributed by atoms with van der Waals surface area (Å²) in [6.07, 6.45) is 3.69. The van der Waals surface area contributed by atoms with E-state index in [0.29, 0.717) is 5.82 Å². The summed E-state index contributed by atoms with van der Waals surface area (Å²) in [5.74, 6) is 0.699. The molecule has 59 heavy (non-hydrogen) atoms. The lowest BCUT2D eigenvalue weighted by atomic mass is 9.80. The van der Waals surface area contributed by atoms with E-state index in [4.69, 9.17) is 9.97 Å². The van der Waals surface area contributed by atoms with E-state index < -0.39 is 0 Å². The van der Waals surface area contributed by atoms with Gasteiger partial charge in [0.1, 0.15) is 0 Å². The second-order valence-electron chi connectivity index (χ2n) is 16.0. The summed E-state index contributed by atoms with van der Waals surface area (Å²) in [5, 5.41) is 4.97. The zero-order chi connectivity index (χ0) is 39.5. The van der Waals surface area contributed by atoms with Gasteiger partial charge in [0, 0.05) is 34.5 Å². The molecule has 0 amide bonds. The van der Waals surface area contributed by atoms with Crippen molar-refractivity contribution in [2.75, 3.05) is 0 Å². The first-order valence-electron chi connectivity index (χ1n) is 20.3. The lowest BCUT2D eigenvalue weighted by Gasteiger charge is -2.23. The Morgan fingerprint density at radius 3 is 1.76 bits per heavy atom. The highest BCUT2D eigenvalue weighted by Crippen LogP contribution is 2.54. The van der Waals surface area contributed by atoms with Gasteiger partial charge in [-0.2, -0.15) is 0 Å². The quantitative estimate of drug-likeness (QED) is 0.170. The molecule has 278 valence electrons. The zero-order valence-corrected chi connectivity index (χ0v) is 32.9. The van der Waals surface area contributed by atoms with Gasteiger partial charge in [-0.3, -0.25) is 4.98 Å². The van der Waals surface area contributed by atoms with Crippen molar-refractivity contribution in [1.82, 2.24) is 15.0 Å². The Kier molecular flexibility index (Phi) is 8.16. The number of hydrogen-bond donors (Lipinski definition) is 0. The Bertz CT molecular complexity index is 3200. The minimum Gasteiger partial charge on any atom is -0.264 e. The summed E-state index contributed by atoms with van der Waals surface area (Å²) in [4.78, 5) is 14.6. The summed E-state index contributed by atoms with van der Waals surface area (Å²) in [6, 6.07) is 67.5. The molecule has 0 spiro atoms. The van der Waals surface area contributed by atoms with Gasteiger partial charge in [0.15, 0.2) is 5.82 Å². The lowest BCUT2D eigenvalue weighted by molar-refractivity contribution is 0.666. The van der Waals surface area contributed by atoms with E-state index in [0.717, 1.165) is 44.6 Å². The zero-order valence-electron chi connectivity index (χ0n) is 32.9. The number of rotatable bonds is 6. The van der Waals surface area contributed by atoms with Crippen molar-refractivity contribution in [2.45, 2.75) is 19.3 Å². The van der Waals surface area contributed by atoms with Crippen LogP contribution >= 0.6 is 0 Å². The average molecular weight is 754 g/mol. The molecule has 0 fully saturated rings. The number of fused-ring (bicyclic) bond motifs is 6. The van der Waals surface area contributed by atoms with Crippen LogP contribution in [0.5, 0.6) is 0 Å². The number of pyridine rings is 1. The van der Waals surface area contributed by atoms with Gasteiger partial charge in [-0.1, -0.05) is 190 Å². The van der Waals surface area contributed by atoms with Crippen LogP contribution in [0.1, 0.15) is 25.0 Å². The highest BCUT2D eigenvalue weighted by atomic mass is 14.9. The fourth-order valence-corrected chi connectivity index (χ4v) is 9.31. The predicted molar refractivity (Wildman–Crippen MR) is 245 cm³/mol. The van der Waals surface area contributed by atoms with Crippen molar-refractivity contribution in [3.05, 3.63) is 212 Å².